The number of hydrogen-bond acceptors (Lipinski definition) is 1. The molecule has 1 aromatic rings. The molecule has 1 fully saturated rings. The van der Waals surface area contributed by atoms with E-state index in [0.717, 1.165) is 12.5 Å². The molecule has 0 spiro atoms. The molecule has 1 aliphatic heterocycles. The molecule has 0 unspecified atom stereocenters. The summed E-state index contributed by atoms with van der Waals surface area (Å²) in [4.78, 5) is 0. The summed E-state index contributed by atoms with van der Waals surface area (Å²) in [6.45, 7) is 3.20. The van der Waals surface area contributed by atoms with E-state index in [4.69, 9.17) is 4.74 Å². The number of benzene rings is 1. The molecule has 0 radical (unpaired) electrons. The Balaban J connectivity index is 1.84. The largest absolute Gasteiger partial charge is 0.378 e. The van der Waals surface area contributed by atoms with Crippen LogP contribution in [0.15, 0.2) is 30.3 Å². The van der Waals surface area contributed by atoms with Crippen LogP contribution in [0.25, 0.3) is 0 Å². The van der Waals surface area contributed by atoms with E-state index < -0.39 is 0 Å². The second-order valence-electron chi connectivity index (χ2n) is 5.12. The van der Waals surface area contributed by atoms with Crippen molar-refractivity contribution in [2.75, 3.05) is 6.61 Å². The van der Waals surface area contributed by atoms with E-state index in [1.165, 1.54) is 44.1 Å². The molecule has 1 heteroatoms. The molecule has 17 heavy (non-hydrogen) atoms. The molecule has 1 saturated heterocycles. The molecular formula is C16H24O. The van der Waals surface area contributed by atoms with Crippen LogP contribution in [0.4, 0.5) is 0 Å². The van der Waals surface area contributed by atoms with Gasteiger partial charge >= 0.3 is 0 Å². The molecule has 0 aromatic heterocycles. The predicted molar refractivity (Wildman–Crippen MR) is 72.3 cm³/mol. The smallest absolute Gasteiger partial charge is 0.0581 e. The molecule has 94 valence electrons. The number of hydrogen-bond donors (Lipinski definition) is 0. The topological polar surface area (TPSA) is 9.23 Å². The van der Waals surface area contributed by atoms with Gasteiger partial charge in [0.25, 0.3) is 0 Å². The van der Waals surface area contributed by atoms with Crippen LogP contribution in [-0.4, -0.2) is 12.7 Å². The third-order valence-corrected chi connectivity index (χ3v) is 3.77. The fraction of sp³-hybridized carbons (Fsp3) is 0.625. The van der Waals surface area contributed by atoms with Crippen LogP contribution >= 0.6 is 0 Å². The van der Waals surface area contributed by atoms with Crippen molar-refractivity contribution in [2.45, 2.75) is 57.5 Å². The molecule has 1 heterocycles. The third kappa shape index (κ3) is 3.85. The van der Waals surface area contributed by atoms with Gasteiger partial charge < -0.3 is 4.74 Å². The Kier molecular flexibility index (Phi) is 5.06. The SMILES string of the molecule is CCCCC[C@H]1C[C@H](c2ccccc2)CCO1. The molecule has 2 rings (SSSR count). The molecular weight excluding hydrogens is 208 g/mol. The quantitative estimate of drug-likeness (QED) is 0.678. The first-order chi connectivity index (χ1) is 8.40. The van der Waals surface area contributed by atoms with Crippen molar-refractivity contribution in [1.29, 1.82) is 0 Å². The molecule has 0 N–H and O–H groups in total. The molecule has 0 saturated carbocycles. The van der Waals surface area contributed by atoms with Crippen molar-refractivity contribution in [3.05, 3.63) is 35.9 Å². The summed E-state index contributed by atoms with van der Waals surface area (Å²) in [5.74, 6) is 0.719. The number of ether oxygens (including phenoxy) is 1. The van der Waals surface area contributed by atoms with Crippen LogP contribution in [0.5, 0.6) is 0 Å². The Morgan fingerprint density at radius 2 is 2.00 bits per heavy atom. The minimum absolute atomic E-state index is 0.500. The van der Waals surface area contributed by atoms with Crippen molar-refractivity contribution in [2.24, 2.45) is 0 Å². The van der Waals surface area contributed by atoms with Crippen LogP contribution < -0.4 is 0 Å². The van der Waals surface area contributed by atoms with Gasteiger partial charge in [0.05, 0.1) is 6.10 Å². The monoisotopic (exact) mass is 232 g/mol. The predicted octanol–water partition coefficient (Wildman–Crippen LogP) is 4.53. The van der Waals surface area contributed by atoms with Gasteiger partial charge in [-0.3, -0.25) is 0 Å². The van der Waals surface area contributed by atoms with Gasteiger partial charge in [-0.1, -0.05) is 56.5 Å². The van der Waals surface area contributed by atoms with Gasteiger partial charge in [-0.15, -0.1) is 0 Å². The normalized spacial score (nSPS) is 24.8. The highest BCUT2D eigenvalue weighted by molar-refractivity contribution is 5.20. The van der Waals surface area contributed by atoms with Crippen LogP contribution in [0.2, 0.25) is 0 Å². The van der Waals surface area contributed by atoms with Gasteiger partial charge in [0, 0.05) is 6.61 Å². The third-order valence-electron chi connectivity index (χ3n) is 3.77. The lowest BCUT2D eigenvalue weighted by molar-refractivity contribution is 0.000630. The van der Waals surface area contributed by atoms with Crippen molar-refractivity contribution in [3.8, 4) is 0 Å². The average Bonchev–Trinajstić information content (AvgIpc) is 2.41. The van der Waals surface area contributed by atoms with Gasteiger partial charge in [0.2, 0.25) is 0 Å². The zero-order valence-electron chi connectivity index (χ0n) is 10.9. The second-order valence-corrected chi connectivity index (χ2v) is 5.12. The summed E-state index contributed by atoms with van der Waals surface area (Å²) in [5, 5.41) is 0. The van der Waals surface area contributed by atoms with Crippen molar-refractivity contribution < 1.29 is 4.74 Å². The zero-order valence-corrected chi connectivity index (χ0v) is 10.9. The van der Waals surface area contributed by atoms with Gasteiger partial charge in [-0.25, -0.2) is 0 Å². The zero-order chi connectivity index (χ0) is 11.9. The maximum Gasteiger partial charge on any atom is 0.0581 e. The van der Waals surface area contributed by atoms with E-state index in [0.29, 0.717) is 6.10 Å². The minimum Gasteiger partial charge on any atom is -0.378 e. The molecule has 1 nitrogen and oxygen atoms in total. The molecule has 0 aliphatic carbocycles. The molecule has 1 aromatic carbocycles. The lowest BCUT2D eigenvalue weighted by atomic mass is 9.87. The average molecular weight is 232 g/mol. The van der Waals surface area contributed by atoms with Crippen molar-refractivity contribution >= 4 is 0 Å². The maximum absolute atomic E-state index is 5.88. The summed E-state index contributed by atoms with van der Waals surface area (Å²) in [7, 11) is 0. The summed E-state index contributed by atoms with van der Waals surface area (Å²) < 4.78 is 5.88. The van der Waals surface area contributed by atoms with E-state index in [9.17, 15) is 0 Å². The van der Waals surface area contributed by atoms with E-state index in [2.05, 4.69) is 37.3 Å². The number of unbranched alkanes of at least 4 members (excludes halogenated alkanes) is 2. The van der Waals surface area contributed by atoms with Crippen LogP contribution in [0.3, 0.4) is 0 Å². The Bertz CT molecular complexity index is 307. The molecule has 2 atom stereocenters. The minimum atomic E-state index is 0.500. The fourth-order valence-corrected chi connectivity index (χ4v) is 2.73. The van der Waals surface area contributed by atoms with Gasteiger partial charge in [0.15, 0.2) is 0 Å². The fourth-order valence-electron chi connectivity index (χ4n) is 2.73. The summed E-state index contributed by atoms with van der Waals surface area (Å²) in [6, 6.07) is 10.9. The van der Waals surface area contributed by atoms with Crippen LogP contribution in [0.1, 0.15) is 56.9 Å². The first-order valence-corrected chi connectivity index (χ1v) is 7.06. The summed E-state index contributed by atoms with van der Waals surface area (Å²) in [5.41, 5.74) is 1.50. The van der Waals surface area contributed by atoms with Gasteiger partial charge in [-0.2, -0.15) is 0 Å². The molecule has 0 amide bonds. The standard InChI is InChI=1S/C16H24O/c1-2-3-5-10-16-13-15(11-12-17-16)14-8-6-4-7-9-14/h4,6-9,15-16H,2-3,5,10-13H2,1H3/t15-,16+/m1/s1. The van der Waals surface area contributed by atoms with E-state index in [-0.39, 0.29) is 0 Å². The highest BCUT2D eigenvalue weighted by Crippen LogP contribution is 2.31. The van der Waals surface area contributed by atoms with Crippen molar-refractivity contribution in [3.63, 3.8) is 0 Å². The first kappa shape index (κ1) is 12.6. The summed E-state index contributed by atoms with van der Waals surface area (Å²) in [6.07, 6.45) is 8.12. The van der Waals surface area contributed by atoms with E-state index in [1.807, 2.05) is 0 Å². The lowest BCUT2D eigenvalue weighted by Gasteiger charge is -2.30. The maximum atomic E-state index is 5.88. The van der Waals surface area contributed by atoms with Crippen molar-refractivity contribution in [1.82, 2.24) is 0 Å². The second kappa shape index (κ2) is 6.80. The molecule has 1 aliphatic rings. The van der Waals surface area contributed by atoms with Gasteiger partial charge in [-0.05, 0) is 30.7 Å². The van der Waals surface area contributed by atoms with E-state index in [1.54, 1.807) is 0 Å². The lowest BCUT2D eigenvalue weighted by Crippen LogP contribution is -2.24. The Morgan fingerprint density at radius 3 is 2.76 bits per heavy atom. The van der Waals surface area contributed by atoms with Crippen LogP contribution in [0, 0.1) is 0 Å². The summed E-state index contributed by atoms with van der Waals surface area (Å²) >= 11 is 0. The van der Waals surface area contributed by atoms with Crippen LogP contribution in [-0.2, 0) is 4.74 Å². The van der Waals surface area contributed by atoms with E-state index >= 15 is 0 Å². The van der Waals surface area contributed by atoms with Gasteiger partial charge in [0.1, 0.15) is 0 Å². The first-order valence-electron chi connectivity index (χ1n) is 7.06. The Morgan fingerprint density at radius 1 is 1.18 bits per heavy atom. The Hall–Kier alpha value is -0.820. The molecule has 0 bridgehead atoms. The highest BCUT2D eigenvalue weighted by Gasteiger charge is 2.23. The Labute approximate surface area is 105 Å². The number of rotatable bonds is 5. The highest BCUT2D eigenvalue weighted by atomic mass is 16.5.